The van der Waals surface area contributed by atoms with Gasteiger partial charge in [-0.1, -0.05) is 0 Å². The van der Waals surface area contributed by atoms with Crippen LogP contribution in [0.5, 0.6) is 0 Å². The zero-order valence-corrected chi connectivity index (χ0v) is 16.3. The van der Waals surface area contributed by atoms with Gasteiger partial charge in [-0.2, -0.15) is 0 Å². The van der Waals surface area contributed by atoms with Crippen molar-refractivity contribution in [1.82, 2.24) is 20.5 Å². The van der Waals surface area contributed by atoms with Crippen molar-refractivity contribution in [2.45, 2.75) is 32.2 Å². The van der Waals surface area contributed by atoms with Gasteiger partial charge in [-0.25, -0.2) is 4.98 Å². The molecule has 0 aliphatic carbocycles. The highest BCUT2D eigenvalue weighted by atomic mass is 35.5. The summed E-state index contributed by atoms with van der Waals surface area (Å²) in [7, 11) is 3.68. The number of carbonyl (C=O) groups excluding carboxylic acids is 1. The van der Waals surface area contributed by atoms with E-state index in [0.29, 0.717) is 6.42 Å². The minimum atomic E-state index is 0. The van der Waals surface area contributed by atoms with Crippen LogP contribution in [0.15, 0.2) is 5.38 Å². The third-order valence-electron chi connectivity index (χ3n) is 4.09. The lowest BCUT2D eigenvalue weighted by Gasteiger charge is -2.31. The van der Waals surface area contributed by atoms with Gasteiger partial charge in [0.25, 0.3) is 0 Å². The number of hydrogen-bond donors (Lipinski definition) is 2. The molecule has 1 aliphatic heterocycles. The van der Waals surface area contributed by atoms with Crippen LogP contribution >= 0.6 is 36.2 Å². The quantitative estimate of drug-likeness (QED) is 0.757. The van der Waals surface area contributed by atoms with Crippen molar-refractivity contribution in [1.29, 1.82) is 0 Å². The predicted molar refractivity (Wildman–Crippen MR) is 101 cm³/mol. The van der Waals surface area contributed by atoms with Crippen molar-refractivity contribution in [3.8, 4) is 0 Å². The molecule has 1 amide bonds. The number of halogens is 2. The van der Waals surface area contributed by atoms with Crippen LogP contribution in [-0.2, 0) is 17.8 Å². The second-order valence-corrected chi connectivity index (χ2v) is 6.64. The number of piperidine rings is 1. The molecule has 1 fully saturated rings. The highest BCUT2D eigenvalue weighted by molar-refractivity contribution is 7.09. The normalized spacial score (nSPS) is 15.6. The standard InChI is InChI=1S/C15H26N4OS.2ClH/c1-16-6-3-12-4-7-19(8-5-12)10-13-11-21-15(18-13)9-14(20)17-2;;/h11-12,16H,3-10H2,1-2H3,(H,17,20);2*1H. The molecule has 134 valence electrons. The molecule has 23 heavy (non-hydrogen) atoms. The van der Waals surface area contributed by atoms with E-state index in [2.05, 4.69) is 25.9 Å². The van der Waals surface area contributed by atoms with E-state index in [4.69, 9.17) is 0 Å². The number of hydrogen-bond acceptors (Lipinski definition) is 5. The smallest absolute Gasteiger partial charge is 0.226 e. The van der Waals surface area contributed by atoms with E-state index >= 15 is 0 Å². The summed E-state index contributed by atoms with van der Waals surface area (Å²) in [5.41, 5.74) is 1.10. The minimum absolute atomic E-state index is 0. The minimum Gasteiger partial charge on any atom is -0.359 e. The molecule has 0 radical (unpaired) electrons. The van der Waals surface area contributed by atoms with Gasteiger partial charge in [0, 0.05) is 19.0 Å². The van der Waals surface area contributed by atoms with E-state index in [1.54, 1.807) is 18.4 Å². The summed E-state index contributed by atoms with van der Waals surface area (Å²) in [5, 5.41) is 8.87. The van der Waals surface area contributed by atoms with Crippen molar-refractivity contribution >= 4 is 42.1 Å². The zero-order valence-electron chi connectivity index (χ0n) is 13.8. The first kappa shape index (κ1) is 22.6. The summed E-state index contributed by atoms with van der Waals surface area (Å²) in [6, 6.07) is 0. The average Bonchev–Trinajstić information content (AvgIpc) is 2.93. The molecule has 2 rings (SSSR count). The van der Waals surface area contributed by atoms with Gasteiger partial charge in [-0.15, -0.1) is 36.2 Å². The molecule has 2 N–H and O–H groups in total. The fourth-order valence-corrected chi connectivity index (χ4v) is 3.52. The molecule has 2 heterocycles. The summed E-state index contributed by atoms with van der Waals surface area (Å²) in [6.45, 7) is 4.37. The lowest BCUT2D eigenvalue weighted by atomic mass is 9.93. The summed E-state index contributed by atoms with van der Waals surface area (Å²) in [5.74, 6) is 0.897. The molecule has 8 heteroatoms. The average molecular weight is 383 g/mol. The van der Waals surface area contributed by atoms with Crippen LogP contribution in [0.25, 0.3) is 0 Å². The Hall–Kier alpha value is -0.400. The Kier molecular flexibility index (Phi) is 11.8. The van der Waals surface area contributed by atoms with E-state index in [-0.39, 0.29) is 30.7 Å². The van der Waals surface area contributed by atoms with Gasteiger partial charge in [-0.3, -0.25) is 9.69 Å². The van der Waals surface area contributed by atoms with Gasteiger partial charge in [0.2, 0.25) is 5.91 Å². The van der Waals surface area contributed by atoms with Crippen LogP contribution in [0, 0.1) is 5.92 Å². The van der Waals surface area contributed by atoms with Crippen LogP contribution < -0.4 is 10.6 Å². The van der Waals surface area contributed by atoms with Crippen LogP contribution in [0.4, 0.5) is 0 Å². The van der Waals surface area contributed by atoms with Crippen molar-refractivity contribution in [2.24, 2.45) is 5.92 Å². The third kappa shape index (κ3) is 7.81. The van der Waals surface area contributed by atoms with E-state index in [9.17, 15) is 4.79 Å². The SMILES string of the molecule is CNCCC1CCN(Cc2csc(CC(=O)NC)n2)CC1.Cl.Cl. The first-order chi connectivity index (χ1) is 10.2. The molecule has 1 saturated heterocycles. The van der Waals surface area contributed by atoms with Gasteiger partial charge in [0.15, 0.2) is 0 Å². The molecule has 5 nitrogen and oxygen atoms in total. The summed E-state index contributed by atoms with van der Waals surface area (Å²) < 4.78 is 0. The second-order valence-electron chi connectivity index (χ2n) is 5.69. The molecule has 0 aromatic carbocycles. The Morgan fingerprint density at radius 3 is 2.65 bits per heavy atom. The second kappa shape index (κ2) is 12.0. The van der Waals surface area contributed by atoms with Crippen molar-refractivity contribution in [3.63, 3.8) is 0 Å². The number of likely N-dealkylation sites (N-methyl/N-ethyl adjacent to an activating group) is 1. The zero-order chi connectivity index (χ0) is 15.1. The van der Waals surface area contributed by atoms with Crippen LogP contribution in [0.2, 0.25) is 0 Å². The molecule has 0 spiro atoms. The van der Waals surface area contributed by atoms with E-state index in [0.717, 1.165) is 42.8 Å². The number of amides is 1. The molecule has 1 aliphatic rings. The maximum atomic E-state index is 11.3. The topological polar surface area (TPSA) is 57.3 Å². The first-order valence-electron chi connectivity index (χ1n) is 7.72. The van der Waals surface area contributed by atoms with Gasteiger partial charge in [0.1, 0.15) is 5.01 Å². The third-order valence-corrected chi connectivity index (χ3v) is 4.98. The van der Waals surface area contributed by atoms with Crippen LogP contribution in [0.3, 0.4) is 0 Å². The largest absolute Gasteiger partial charge is 0.359 e. The summed E-state index contributed by atoms with van der Waals surface area (Å²) in [4.78, 5) is 18.4. The lowest BCUT2D eigenvalue weighted by molar-refractivity contribution is -0.119. The fraction of sp³-hybridized carbons (Fsp3) is 0.733. The molecule has 0 saturated carbocycles. The number of carbonyl (C=O) groups is 1. The number of nitrogens with one attached hydrogen (secondary N) is 2. The van der Waals surface area contributed by atoms with Crippen molar-refractivity contribution in [3.05, 3.63) is 16.1 Å². The monoisotopic (exact) mass is 382 g/mol. The lowest BCUT2D eigenvalue weighted by Crippen LogP contribution is -2.34. The summed E-state index contributed by atoms with van der Waals surface area (Å²) >= 11 is 1.59. The highest BCUT2D eigenvalue weighted by Gasteiger charge is 2.19. The number of thiazole rings is 1. The van der Waals surface area contributed by atoms with Gasteiger partial charge >= 0.3 is 0 Å². The predicted octanol–water partition coefficient (Wildman–Crippen LogP) is 2.10. The fourth-order valence-electron chi connectivity index (χ4n) is 2.74. The number of aromatic nitrogens is 1. The Bertz CT molecular complexity index is 450. The molecular formula is C15H28Cl2N4OS. The molecule has 1 aromatic heterocycles. The molecule has 1 aromatic rings. The molecular weight excluding hydrogens is 355 g/mol. The summed E-state index contributed by atoms with van der Waals surface area (Å²) in [6.07, 6.45) is 4.26. The Morgan fingerprint density at radius 2 is 2.04 bits per heavy atom. The Labute approximate surface area is 155 Å². The number of nitrogens with zero attached hydrogens (tertiary/aromatic N) is 2. The van der Waals surface area contributed by atoms with Crippen molar-refractivity contribution < 1.29 is 4.79 Å². The number of likely N-dealkylation sites (tertiary alicyclic amines) is 1. The van der Waals surface area contributed by atoms with Gasteiger partial charge < -0.3 is 10.6 Å². The van der Waals surface area contributed by atoms with E-state index < -0.39 is 0 Å². The maximum absolute atomic E-state index is 11.3. The molecule has 0 unspecified atom stereocenters. The van der Waals surface area contributed by atoms with Gasteiger partial charge in [-0.05, 0) is 51.9 Å². The Morgan fingerprint density at radius 1 is 1.35 bits per heavy atom. The molecule has 0 bridgehead atoms. The molecule has 0 atom stereocenters. The van der Waals surface area contributed by atoms with Crippen LogP contribution in [-0.4, -0.2) is 49.5 Å². The van der Waals surface area contributed by atoms with Gasteiger partial charge in [0.05, 0.1) is 12.1 Å². The highest BCUT2D eigenvalue weighted by Crippen LogP contribution is 2.22. The van der Waals surface area contributed by atoms with Crippen molar-refractivity contribution in [2.75, 3.05) is 33.7 Å². The van der Waals surface area contributed by atoms with E-state index in [1.807, 2.05) is 7.05 Å². The number of rotatable bonds is 7. The van der Waals surface area contributed by atoms with Crippen LogP contribution in [0.1, 0.15) is 30.0 Å². The van der Waals surface area contributed by atoms with E-state index in [1.165, 1.54) is 19.3 Å². The maximum Gasteiger partial charge on any atom is 0.226 e. The first-order valence-corrected chi connectivity index (χ1v) is 8.60. The Balaban J connectivity index is 0.00000242.